The number of nitrogens with zero attached hydrogens (tertiary/aromatic N) is 1. The van der Waals surface area contributed by atoms with E-state index in [2.05, 4.69) is 0 Å². The summed E-state index contributed by atoms with van der Waals surface area (Å²) in [5.41, 5.74) is 0. The summed E-state index contributed by atoms with van der Waals surface area (Å²) in [5.74, 6) is -0.730. The van der Waals surface area contributed by atoms with Gasteiger partial charge in [0.1, 0.15) is 6.04 Å². The third-order valence-electron chi connectivity index (χ3n) is 1.70. The summed E-state index contributed by atoms with van der Waals surface area (Å²) in [6.07, 6.45) is 0.666. The molecule has 0 fully saturated rings. The molecule has 0 aliphatic carbocycles. The third kappa shape index (κ3) is 4.22. The van der Waals surface area contributed by atoms with Crippen molar-refractivity contribution in [2.45, 2.75) is 26.3 Å². The maximum absolute atomic E-state index is 10.5. The zero-order valence-corrected chi connectivity index (χ0v) is 8.02. The van der Waals surface area contributed by atoms with E-state index in [1.54, 1.807) is 0 Å². The van der Waals surface area contributed by atoms with Crippen molar-refractivity contribution in [1.29, 1.82) is 0 Å². The summed E-state index contributed by atoms with van der Waals surface area (Å²) in [7, 11) is 1.82. The van der Waals surface area contributed by atoms with Gasteiger partial charge in [-0.3, -0.25) is 9.69 Å². The molecule has 11 heavy (non-hydrogen) atoms. The Morgan fingerprint density at radius 3 is 2.09 bits per heavy atom. The van der Waals surface area contributed by atoms with Gasteiger partial charge in [0.05, 0.1) is 0 Å². The summed E-state index contributed by atoms with van der Waals surface area (Å²) in [5, 5.41) is 8.63. The lowest BCUT2D eigenvalue weighted by atomic mass is 10.2. The van der Waals surface area contributed by atoms with Crippen LogP contribution in [0.2, 0.25) is 0 Å². The Morgan fingerprint density at radius 1 is 1.55 bits per heavy atom. The molecule has 0 heterocycles. The molecule has 3 nitrogen and oxygen atoms in total. The fourth-order valence-electron chi connectivity index (χ4n) is 0.895. The van der Waals surface area contributed by atoms with Gasteiger partial charge in [-0.2, -0.15) is 0 Å². The molecule has 0 aliphatic rings. The molecule has 0 aromatic carbocycles. The van der Waals surface area contributed by atoms with Crippen molar-refractivity contribution in [3.63, 3.8) is 0 Å². The molecule has 0 rings (SSSR count). The van der Waals surface area contributed by atoms with Crippen LogP contribution in [0.4, 0.5) is 0 Å². The van der Waals surface area contributed by atoms with Crippen LogP contribution >= 0.6 is 12.4 Å². The zero-order chi connectivity index (χ0) is 8.15. The monoisotopic (exact) mass is 181 g/mol. The average Bonchev–Trinajstić information content (AvgIpc) is 1.88. The SMILES string of the molecule is CCC(C(=O)O)N(C)CC.Cl. The number of carboxylic acid groups (broad SMARTS) is 1. The first-order chi connectivity index (χ1) is 4.63. The quantitative estimate of drug-likeness (QED) is 0.709. The molecule has 0 aliphatic heterocycles. The molecule has 0 saturated carbocycles. The fraction of sp³-hybridized carbons (Fsp3) is 0.857. The van der Waals surface area contributed by atoms with Gasteiger partial charge in [-0.05, 0) is 20.0 Å². The van der Waals surface area contributed by atoms with Crippen LogP contribution in [0.25, 0.3) is 0 Å². The van der Waals surface area contributed by atoms with Gasteiger partial charge in [0.15, 0.2) is 0 Å². The largest absolute Gasteiger partial charge is 0.480 e. The van der Waals surface area contributed by atoms with Crippen LogP contribution in [-0.4, -0.2) is 35.6 Å². The average molecular weight is 182 g/mol. The van der Waals surface area contributed by atoms with Gasteiger partial charge in [0.2, 0.25) is 0 Å². The molecule has 0 amide bonds. The van der Waals surface area contributed by atoms with Gasteiger partial charge in [-0.1, -0.05) is 13.8 Å². The first-order valence-electron chi connectivity index (χ1n) is 3.56. The number of carboxylic acids is 1. The minimum atomic E-state index is -0.730. The van der Waals surface area contributed by atoms with Gasteiger partial charge in [-0.25, -0.2) is 0 Å². The van der Waals surface area contributed by atoms with Crippen LogP contribution in [0.3, 0.4) is 0 Å². The minimum Gasteiger partial charge on any atom is -0.480 e. The van der Waals surface area contributed by atoms with E-state index in [0.29, 0.717) is 6.42 Å². The van der Waals surface area contributed by atoms with Crippen molar-refractivity contribution < 1.29 is 9.90 Å². The van der Waals surface area contributed by atoms with Crippen LogP contribution in [0.5, 0.6) is 0 Å². The second-order valence-corrected chi connectivity index (χ2v) is 2.34. The Bertz CT molecular complexity index is 119. The number of carbonyl (C=O) groups is 1. The predicted molar refractivity (Wildman–Crippen MR) is 47.3 cm³/mol. The Kier molecular flexibility index (Phi) is 7.79. The third-order valence-corrected chi connectivity index (χ3v) is 1.70. The van der Waals surface area contributed by atoms with Crippen LogP contribution in [0.1, 0.15) is 20.3 Å². The molecule has 1 unspecified atom stereocenters. The van der Waals surface area contributed by atoms with E-state index in [1.165, 1.54) is 0 Å². The lowest BCUT2D eigenvalue weighted by Crippen LogP contribution is -2.37. The highest BCUT2D eigenvalue weighted by Crippen LogP contribution is 1.99. The molecule has 68 valence electrons. The molecule has 0 radical (unpaired) electrons. The van der Waals surface area contributed by atoms with Gasteiger partial charge >= 0.3 is 5.97 Å². The molecule has 1 N–H and O–H groups in total. The van der Waals surface area contributed by atoms with Gasteiger partial charge in [-0.15, -0.1) is 12.4 Å². The van der Waals surface area contributed by atoms with E-state index in [1.807, 2.05) is 25.8 Å². The number of rotatable bonds is 4. The maximum atomic E-state index is 10.5. The Morgan fingerprint density at radius 2 is 2.00 bits per heavy atom. The van der Waals surface area contributed by atoms with E-state index in [9.17, 15) is 4.79 Å². The zero-order valence-electron chi connectivity index (χ0n) is 7.20. The smallest absolute Gasteiger partial charge is 0.320 e. The Labute approximate surface area is 73.8 Å². The normalized spacial score (nSPS) is 12.4. The van der Waals surface area contributed by atoms with Crippen molar-refractivity contribution in [3.8, 4) is 0 Å². The van der Waals surface area contributed by atoms with Crippen molar-refractivity contribution in [1.82, 2.24) is 4.90 Å². The summed E-state index contributed by atoms with van der Waals surface area (Å²) in [6, 6.07) is -0.315. The van der Waals surface area contributed by atoms with Gasteiger partial charge in [0, 0.05) is 0 Å². The van der Waals surface area contributed by atoms with Crippen LogP contribution < -0.4 is 0 Å². The highest BCUT2D eigenvalue weighted by atomic mass is 35.5. The number of likely N-dealkylation sites (N-methyl/N-ethyl adjacent to an activating group) is 1. The highest BCUT2D eigenvalue weighted by Gasteiger charge is 2.17. The van der Waals surface area contributed by atoms with Gasteiger partial charge in [0.25, 0.3) is 0 Å². The standard InChI is InChI=1S/C7H15NO2.ClH/c1-4-6(7(9)10)8(3)5-2;/h6H,4-5H2,1-3H3,(H,9,10);1H. The summed E-state index contributed by atoms with van der Waals surface area (Å²) >= 11 is 0. The van der Waals surface area contributed by atoms with Crippen LogP contribution in [0.15, 0.2) is 0 Å². The van der Waals surface area contributed by atoms with E-state index in [4.69, 9.17) is 5.11 Å². The molecule has 0 bridgehead atoms. The number of hydrogen-bond acceptors (Lipinski definition) is 2. The molecular formula is C7H16ClNO2. The molecule has 0 aromatic heterocycles. The molecular weight excluding hydrogens is 166 g/mol. The van der Waals surface area contributed by atoms with Crippen LogP contribution in [0, 0.1) is 0 Å². The predicted octanol–water partition coefficient (Wildman–Crippen LogP) is 1.22. The summed E-state index contributed by atoms with van der Waals surface area (Å²) in [4.78, 5) is 12.3. The van der Waals surface area contributed by atoms with Crippen LogP contribution in [-0.2, 0) is 4.79 Å². The molecule has 0 saturated heterocycles. The highest BCUT2D eigenvalue weighted by molar-refractivity contribution is 5.85. The summed E-state index contributed by atoms with van der Waals surface area (Å²) in [6.45, 7) is 4.61. The first-order valence-corrected chi connectivity index (χ1v) is 3.56. The van der Waals surface area contributed by atoms with E-state index in [0.717, 1.165) is 6.54 Å². The molecule has 1 atom stereocenters. The summed E-state index contributed by atoms with van der Waals surface area (Å²) < 4.78 is 0. The second-order valence-electron chi connectivity index (χ2n) is 2.34. The lowest BCUT2D eigenvalue weighted by molar-refractivity contribution is -0.142. The fourth-order valence-corrected chi connectivity index (χ4v) is 0.895. The van der Waals surface area contributed by atoms with E-state index < -0.39 is 5.97 Å². The molecule has 4 heteroatoms. The van der Waals surface area contributed by atoms with Crippen molar-refractivity contribution in [2.75, 3.05) is 13.6 Å². The maximum Gasteiger partial charge on any atom is 0.320 e. The van der Waals surface area contributed by atoms with E-state index >= 15 is 0 Å². The molecule has 0 spiro atoms. The van der Waals surface area contributed by atoms with Crippen molar-refractivity contribution in [3.05, 3.63) is 0 Å². The number of hydrogen-bond donors (Lipinski definition) is 1. The Hall–Kier alpha value is -0.280. The topological polar surface area (TPSA) is 40.5 Å². The van der Waals surface area contributed by atoms with Crippen molar-refractivity contribution in [2.24, 2.45) is 0 Å². The lowest BCUT2D eigenvalue weighted by Gasteiger charge is -2.20. The van der Waals surface area contributed by atoms with Crippen molar-refractivity contribution >= 4 is 18.4 Å². The van der Waals surface area contributed by atoms with E-state index in [-0.39, 0.29) is 18.4 Å². The second kappa shape index (κ2) is 6.43. The van der Waals surface area contributed by atoms with Gasteiger partial charge < -0.3 is 5.11 Å². The molecule has 0 aromatic rings. The first kappa shape index (κ1) is 13.3. The number of halogens is 1. The number of aliphatic carboxylic acids is 1. The Balaban J connectivity index is 0. The minimum absolute atomic E-state index is 0.